The average Bonchev–Trinajstić information content (AvgIpc) is 3.29. The number of rotatable bonds is 4. The first-order chi connectivity index (χ1) is 15.3. The minimum atomic E-state index is -1.03. The topological polar surface area (TPSA) is 82.8 Å². The highest BCUT2D eigenvalue weighted by Crippen LogP contribution is 2.38. The van der Waals surface area contributed by atoms with Crippen LogP contribution in [0.1, 0.15) is 44.1 Å². The standard InChI is InChI=1S/C25H28FN5O/c1-15-23(16(2)32-30-15)19-10-21-24(29-12-19)20(18-4-5-22(27)28-11-18)14-31(21)13-17-6-8-25(3,26)9-7-17/h4-5,10-12,14,17H,6-9,13H2,1-3H3,(H2,27,28). The van der Waals surface area contributed by atoms with Crippen LogP contribution in [0.2, 0.25) is 0 Å². The molecule has 0 radical (unpaired) electrons. The second-order valence-corrected chi connectivity index (χ2v) is 9.31. The van der Waals surface area contributed by atoms with Crippen molar-refractivity contribution in [3.8, 4) is 22.3 Å². The molecule has 0 amide bonds. The highest BCUT2D eigenvalue weighted by molar-refractivity contribution is 5.95. The molecule has 2 N–H and O–H groups in total. The Hall–Kier alpha value is -3.22. The maximum atomic E-state index is 14.3. The maximum Gasteiger partial charge on any atom is 0.141 e. The average molecular weight is 434 g/mol. The predicted octanol–water partition coefficient (Wildman–Crippen LogP) is 5.87. The van der Waals surface area contributed by atoms with E-state index >= 15 is 0 Å². The molecular weight excluding hydrogens is 405 g/mol. The van der Waals surface area contributed by atoms with Gasteiger partial charge in [0.15, 0.2) is 0 Å². The molecule has 1 aliphatic carbocycles. The van der Waals surface area contributed by atoms with E-state index in [1.165, 1.54) is 0 Å². The number of alkyl halides is 1. The molecule has 4 aromatic heterocycles. The number of hydrogen-bond donors (Lipinski definition) is 1. The third-order valence-corrected chi connectivity index (χ3v) is 6.74. The maximum absolute atomic E-state index is 14.3. The lowest BCUT2D eigenvalue weighted by molar-refractivity contribution is 0.0985. The van der Waals surface area contributed by atoms with Crippen LogP contribution in [-0.4, -0.2) is 25.4 Å². The van der Waals surface area contributed by atoms with Gasteiger partial charge in [0.2, 0.25) is 0 Å². The molecule has 0 atom stereocenters. The van der Waals surface area contributed by atoms with Gasteiger partial charge in [-0.15, -0.1) is 0 Å². The van der Waals surface area contributed by atoms with Gasteiger partial charge in [-0.25, -0.2) is 9.37 Å². The Balaban J connectivity index is 1.60. The van der Waals surface area contributed by atoms with Crippen molar-refractivity contribution in [2.75, 3.05) is 5.73 Å². The second-order valence-electron chi connectivity index (χ2n) is 9.31. The number of nitrogens with zero attached hydrogens (tertiary/aromatic N) is 4. The Kier molecular flexibility index (Phi) is 4.99. The predicted molar refractivity (Wildman–Crippen MR) is 124 cm³/mol. The number of anilines is 1. The van der Waals surface area contributed by atoms with E-state index in [0.717, 1.165) is 64.1 Å². The van der Waals surface area contributed by atoms with Gasteiger partial charge < -0.3 is 14.8 Å². The van der Waals surface area contributed by atoms with Crippen molar-refractivity contribution in [3.63, 3.8) is 0 Å². The largest absolute Gasteiger partial charge is 0.384 e. The van der Waals surface area contributed by atoms with Crippen LogP contribution < -0.4 is 5.73 Å². The van der Waals surface area contributed by atoms with E-state index in [1.54, 1.807) is 19.2 Å². The van der Waals surface area contributed by atoms with Crippen LogP contribution in [-0.2, 0) is 6.54 Å². The van der Waals surface area contributed by atoms with Crippen molar-refractivity contribution >= 4 is 16.9 Å². The monoisotopic (exact) mass is 433 g/mol. The van der Waals surface area contributed by atoms with Gasteiger partial charge in [-0.3, -0.25) is 4.98 Å². The van der Waals surface area contributed by atoms with E-state index in [0.29, 0.717) is 24.6 Å². The zero-order chi connectivity index (χ0) is 22.5. The van der Waals surface area contributed by atoms with Gasteiger partial charge in [0, 0.05) is 47.4 Å². The summed E-state index contributed by atoms with van der Waals surface area (Å²) in [6.45, 7) is 6.42. The lowest BCUT2D eigenvalue weighted by atomic mass is 9.81. The first kappa shape index (κ1) is 20.7. The van der Waals surface area contributed by atoms with E-state index in [4.69, 9.17) is 15.2 Å². The van der Waals surface area contributed by atoms with Gasteiger partial charge in [0.05, 0.1) is 16.7 Å². The Bertz CT molecular complexity index is 1240. The van der Waals surface area contributed by atoms with E-state index < -0.39 is 5.67 Å². The number of halogens is 1. The lowest BCUT2D eigenvalue weighted by Gasteiger charge is -2.31. The van der Waals surface area contributed by atoms with Crippen molar-refractivity contribution < 1.29 is 8.91 Å². The number of nitrogens with two attached hydrogens (primary N) is 1. The summed E-state index contributed by atoms with van der Waals surface area (Å²) in [4.78, 5) is 9.11. The van der Waals surface area contributed by atoms with Gasteiger partial charge in [-0.2, -0.15) is 0 Å². The fraction of sp³-hybridized carbons (Fsp3) is 0.400. The fourth-order valence-electron chi connectivity index (χ4n) is 4.87. The third kappa shape index (κ3) is 3.76. The summed E-state index contributed by atoms with van der Waals surface area (Å²) in [5.74, 6) is 1.70. The van der Waals surface area contributed by atoms with Crippen molar-refractivity contribution in [1.82, 2.24) is 19.7 Å². The SMILES string of the molecule is Cc1noc(C)c1-c1cnc2c(-c3ccc(N)nc3)cn(CC3CCC(C)(F)CC3)c2c1. The highest BCUT2D eigenvalue weighted by atomic mass is 19.1. The van der Waals surface area contributed by atoms with E-state index in [2.05, 4.69) is 27.0 Å². The van der Waals surface area contributed by atoms with Crippen molar-refractivity contribution in [1.29, 1.82) is 0 Å². The molecule has 0 spiro atoms. The van der Waals surface area contributed by atoms with Crippen LogP contribution in [0.25, 0.3) is 33.3 Å². The van der Waals surface area contributed by atoms with Crippen LogP contribution in [0, 0.1) is 19.8 Å². The highest BCUT2D eigenvalue weighted by Gasteiger charge is 2.31. The molecule has 0 unspecified atom stereocenters. The van der Waals surface area contributed by atoms with Crippen LogP contribution in [0.3, 0.4) is 0 Å². The molecule has 1 saturated carbocycles. The van der Waals surface area contributed by atoms with Gasteiger partial charge >= 0.3 is 0 Å². The van der Waals surface area contributed by atoms with E-state index in [-0.39, 0.29) is 0 Å². The summed E-state index contributed by atoms with van der Waals surface area (Å²) in [7, 11) is 0. The molecule has 1 fully saturated rings. The van der Waals surface area contributed by atoms with Gasteiger partial charge in [-0.05, 0) is 70.6 Å². The van der Waals surface area contributed by atoms with Crippen LogP contribution in [0.5, 0.6) is 0 Å². The second kappa shape index (κ2) is 7.73. The molecule has 4 heterocycles. The van der Waals surface area contributed by atoms with E-state index in [1.807, 2.05) is 26.1 Å². The molecule has 166 valence electrons. The Morgan fingerprint density at radius 2 is 1.91 bits per heavy atom. The third-order valence-electron chi connectivity index (χ3n) is 6.74. The minimum Gasteiger partial charge on any atom is -0.384 e. The van der Waals surface area contributed by atoms with Crippen LogP contribution in [0.4, 0.5) is 10.2 Å². The van der Waals surface area contributed by atoms with Crippen LogP contribution >= 0.6 is 0 Å². The smallest absolute Gasteiger partial charge is 0.141 e. The van der Waals surface area contributed by atoms with E-state index in [9.17, 15) is 4.39 Å². The molecule has 0 aliphatic heterocycles. The molecule has 1 aliphatic rings. The quantitative estimate of drug-likeness (QED) is 0.435. The molecule has 5 rings (SSSR count). The zero-order valence-electron chi connectivity index (χ0n) is 18.7. The molecule has 0 aromatic carbocycles. The number of hydrogen-bond acceptors (Lipinski definition) is 5. The normalized spacial score (nSPS) is 21.3. The summed E-state index contributed by atoms with van der Waals surface area (Å²) >= 11 is 0. The van der Waals surface area contributed by atoms with Crippen molar-refractivity contribution in [2.45, 2.75) is 58.7 Å². The minimum absolute atomic E-state index is 0.439. The first-order valence-corrected chi connectivity index (χ1v) is 11.1. The molecule has 0 saturated heterocycles. The number of aryl methyl sites for hydroxylation is 2. The van der Waals surface area contributed by atoms with Crippen LogP contribution in [0.15, 0.2) is 41.3 Å². The fourth-order valence-corrected chi connectivity index (χ4v) is 4.87. The van der Waals surface area contributed by atoms with Gasteiger partial charge in [-0.1, -0.05) is 5.16 Å². The summed E-state index contributed by atoms with van der Waals surface area (Å²) in [5.41, 5.74) is 11.5. The number of aromatic nitrogens is 4. The van der Waals surface area contributed by atoms with Gasteiger partial charge in [0.1, 0.15) is 17.2 Å². The Labute approximate surface area is 186 Å². The molecule has 6 nitrogen and oxygen atoms in total. The Morgan fingerprint density at radius 1 is 1.16 bits per heavy atom. The van der Waals surface area contributed by atoms with Gasteiger partial charge in [0.25, 0.3) is 0 Å². The van der Waals surface area contributed by atoms with Crippen molar-refractivity contribution in [3.05, 3.63) is 48.2 Å². The number of nitrogen functional groups attached to an aromatic ring is 1. The number of fused-ring (bicyclic) bond motifs is 1. The number of pyridine rings is 2. The summed E-state index contributed by atoms with van der Waals surface area (Å²) in [6.07, 6.45) is 8.83. The van der Waals surface area contributed by atoms with Crippen molar-refractivity contribution in [2.24, 2.45) is 5.92 Å². The summed E-state index contributed by atoms with van der Waals surface area (Å²) < 4.78 is 22.0. The molecule has 32 heavy (non-hydrogen) atoms. The zero-order valence-corrected chi connectivity index (χ0v) is 18.7. The lowest BCUT2D eigenvalue weighted by Crippen LogP contribution is -2.27. The molecule has 7 heteroatoms. The summed E-state index contributed by atoms with van der Waals surface area (Å²) in [5, 5.41) is 4.10. The summed E-state index contributed by atoms with van der Waals surface area (Å²) in [6, 6.07) is 5.94. The molecule has 0 bridgehead atoms. The molecule has 4 aromatic rings. The molecular formula is C25H28FN5O. The Morgan fingerprint density at radius 3 is 2.56 bits per heavy atom. The first-order valence-electron chi connectivity index (χ1n) is 11.1.